The molecule has 0 radical (unpaired) electrons. The molecule has 0 aliphatic heterocycles. The molecule has 21 heavy (non-hydrogen) atoms. The normalized spacial score (nSPS) is 10.6. The Balaban J connectivity index is 2.55. The van der Waals surface area contributed by atoms with E-state index in [0.717, 1.165) is 17.7 Å². The minimum atomic E-state index is -0.317. The fourth-order valence-corrected chi connectivity index (χ4v) is 2.18. The van der Waals surface area contributed by atoms with Crippen molar-refractivity contribution in [2.24, 2.45) is 0 Å². The van der Waals surface area contributed by atoms with Gasteiger partial charge in [-0.3, -0.25) is 5.43 Å². The van der Waals surface area contributed by atoms with Gasteiger partial charge in [0.25, 0.3) is 0 Å². The Morgan fingerprint density at radius 3 is 2.52 bits per heavy atom. The second kappa shape index (κ2) is 6.99. The number of hydrogen-bond donors (Lipinski definition) is 2. The van der Waals surface area contributed by atoms with E-state index in [4.69, 9.17) is 0 Å². The molecule has 112 valence electrons. The monoisotopic (exact) mass is 287 g/mol. The maximum Gasteiger partial charge on any atom is 0.356 e. The average Bonchev–Trinajstić information content (AvgIpc) is 2.52. The van der Waals surface area contributed by atoms with Crippen LogP contribution < -0.4 is 16.5 Å². The summed E-state index contributed by atoms with van der Waals surface area (Å²) in [7, 11) is 0. The molecule has 0 saturated carbocycles. The van der Waals surface area contributed by atoms with Crippen LogP contribution >= 0.6 is 0 Å². The number of rotatable bonds is 6. The molecule has 0 saturated heterocycles. The predicted molar refractivity (Wildman–Crippen MR) is 83.7 cm³/mol. The van der Waals surface area contributed by atoms with E-state index in [-0.39, 0.29) is 5.69 Å². The Kier molecular flexibility index (Phi) is 5.05. The van der Waals surface area contributed by atoms with Gasteiger partial charge in [0.1, 0.15) is 5.82 Å². The number of nitrogens with zero attached hydrogens (tertiary/aromatic N) is 3. The summed E-state index contributed by atoms with van der Waals surface area (Å²) in [4.78, 5) is 20.8. The molecule has 0 bridgehead atoms. The van der Waals surface area contributed by atoms with Crippen molar-refractivity contribution in [1.82, 2.24) is 20.0 Å². The first-order valence-electron chi connectivity index (χ1n) is 7.28. The third kappa shape index (κ3) is 3.28. The van der Waals surface area contributed by atoms with Crippen molar-refractivity contribution in [3.63, 3.8) is 0 Å². The molecular formula is C15H21N5O. The van der Waals surface area contributed by atoms with Gasteiger partial charge in [-0.05, 0) is 18.1 Å². The minimum Gasteiger partial charge on any atom is -0.289 e. The number of anilines is 1. The zero-order chi connectivity index (χ0) is 15.2. The van der Waals surface area contributed by atoms with Crippen LogP contribution in [-0.4, -0.2) is 21.1 Å². The van der Waals surface area contributed by atoms with E-state index in [9.17, 15) is 4.79 Å². The van der Waals surface area contributed by atoms with E-state index < -0.39 is 0 Å². The summed E-state index contributed by atoms with van der Waals surface area (Å²) < 4.78 is 1.59. The molecule has 2 aromatic rings. The number of aromatic nitrogens is 3. The Morgan fingerprint density at radius 2 is 1.86 bits per heavy atom. The Morgan fingerprint density at radius 1 is 1.10 bits per heavy atom. The van der Waals surface area contributed by atoms with Crippen molar-refractivity contribution < 1.29 is 0 Å². The van der Waals surface area contributed by atoms with E-state index in [2.05, 4.69) is 27.7 Å². The number of hydrogen-bond acceptors (Lipinski definition) is 5. The first-order chi connectivity index (χ1) is 10.2. The van der Waals surface area contributed by atoms with Gasteiger partial charge in [0.05, 0.1) is 5.69 Å². The third-order valence-corrected chi connectivity index (χ3v) is 3.19. The van der Waals surface area contributed by atoms with Crippen LogP contribution in [0.2, 0.25) is 0 Å². The zero-order valence-electron chi connectivity index (χ0n) is 12.7. The maximum atomic E-state index is 12.4. The van der Waals surface area contributed by atoms with Crippen molar-refractivity contribution in [3.05, 3.63) is 46.1 Å². The van der Waals surface area contributed by atoms with Crippen molar-refractivity contribution >= 4 is 5.95 Å². The van der Waals surface area contributed by atoms with Gasteiger partial charge in [0.15, 0.2) is 0 Å². The lowest BCUT2D eigenvalue weighted by atomic mass is 10.1. The van der Waals surface area contributed by atoms with Gasteiger partial charge < -0.3 is 0 Å². The summed E-state index contributed by atoms with van der Waals surface area (Å²) in [6, 6.07) is 7.85. The number of hydrazine groups is 1. The van der Waals surface area contributed by atoms with E-state index in [1.54, 1.807) is 4.57 Å². The quantitative estimate of drug-likeness (QED) is 0.791. The fraction of sp³-hybridized carbons (Fsp3) is 0.400. The molecule has 0 fully saturated rings. The molecule has 0 amide bonds. The van der Waals surface area contributed by atoms with E-state index in [1.165, 1.54) is 0 Å². The first kappa shape index (κ1) is 15.2. The van der Waals surface area contributed by atoms with E-state index in [1.807, 2.05) is 38.1 Å². The molecule has 0 spiro atoms. The van der Waals surface area contributed by atoms with E-state index in [0.29, 0.717) is 24.7 Å². The number of para-hydroxylation sites is 1. The van der Waals surface area contributed by atoms with Gasteiger partial charge in [-0.1, -0.05) is 39.0 Å². The highest BCUT2D eigenvalue weighted by molar-refractivity contribution is 5.42. The summed E-state index contributed by atoms with van der Waals surface area (Å²) >= 11 is 0. The Bertz CT molecular complexity index is 665. The molecule has 0 atom stereocenters. The first-order valence-corrected chi connectivity index (χ1v) is 7.28. The highest BCUT2D eigenvalue weighted by atomic mass is 16.1. The number of benzene rings is 1. The van der Waals surface area contributed by atoms with Gasteiger partial charge >= 0.3 is 5.69 Å². The van der Waals surface area contributed by atoms with Crippen LogP contribution in [0.15, 0.2) is 29.1 Å². The molecule has 2 N–H and O–H groups in total. The SMILES string of the molecule is CCNNc1nc(CC)n(-c2ccccc2CC)c(=O)n1. The lowest BCUT2D eigenvalue weighted by molar-refractivity contribution is 0.743. The summed E-state index contributed by atoms with van der Waals surface area (Å²) in [5.74, 6) is 1.00. The predicted octanol–water partition coefficient (Wildman–Crippen LogP) is 1.69. The standard InChI is InChI=1S/C15H21N5O/c1-4-11-9-7-8-10-12(11)20-13(5-2)17-14(18-15(20)21)19-16-6-3/h7-10,16H,4-6H2,1-3H3,(H,18,19,21). The smallest absolute Gasteiger partial charge is 0.289 e. The Labute approximate surface area is 124 Å². The minimum absolute atomic E-state index is 0.309. The summed E-state index contributed by atoms with van der Waals surface area (Å²) in [6.45, 7) is 6.71. The van der Waals surface area contributed by atoms with Crippen molar-refractivity contribution in [2.75, 3.05) is 12.0 Å². The molecule has 1 heterocycles. The molecule has 6 nitrogen and oxygen atoms in total. The van der Waals surface area contributed by atoms with Crippen LogP contribution in [-0.2, 0) is 12.8 Å². The topological polar surface area (TPSA) is 71.8 Å². The Hall–Kier alpha value is -2.21. The second-order valence-electron chi connectivity index (χ2n) is 4.57. The van der Waals surface area contributed by atoms with Crippen LogP contribution in [0.4, 0.5) is 5.95 Å². The summed E-state index contributed by atoms with van der Waals surface area (Å²) in [5.41, 5.74) is 7.38. The van der Waals surface area contributed by atoms with Gasteiger partial charge in [-0.15, -0.1) is 0 Å². The summed E-state index contributed by atoms with van der Waals surface area (Å²) in [5, 5.41) is 0. The molecular weight excluding hydrogens is 266 g/mol. The van der Waals surface area contributed by atoms with Crippen molar-refractivity contribution in [2.45, 2.75) is 33.6 Å². The average molecular weight is 287 g/mol. The van der Waals surface area contributed by atoms with Gasteiger partial charge in [-0.2, -0.15) is 9.97 Å². The molecule has 2 rings (SSSR count). The number of nitrogens with one attached hydrogen (secondary N) is 2. The molecule has 1 aromatic carbocycles. The molecule has 6 heteroatoms. The number of aryl methyl sites for hydroxylation is 2. The van der Waals surface area contributed by atoms with Gasteiger partial charge in [-0.25, -0.2) is 14.8 Å². The second-order valence-corrected chi connectivity index (χ2v) is 4.57. The molecule has 0 unspecified atom stereocenters. The maximum absolute atomic E-state index is 12.4. The van der Waals surface area contributed by atoms with Crippen LogP contribution in [0.3, 0.4) is 0 Å². The fourth-order valence-electron chi connectivity index (χ4n) is 2.18. The molecule has 0 aliphatic rings. The highest BCUT2D eigenvalue weighted by Gasteiger charge is 2.12. The highest BCUT2D eigenvalue weighted by Crippen LogP contribution is 2.15. The lowest BCUT2D eigenvalue weighted by Crippen LogP contribution is -2.31. The van der Waals surface area contributed by atoms with Crippen molar-refractivity contribution in [3.8, 4) is 5.69 Å². The van der Waals surface area contributed by atoms with Crippen LogP contribution in [0.1, 0.15) is 32.2 Å². The largest absolute Gasteiger partial charge is 0.356 e. The van der Waals surface area contributed by atoms with Crippen LogP contribution in [0, 0.1) is 0 Å². The lowest BCUT2D eigenvalue weighted by Gasteiger charge is -2.15. The van der Waals surface area contributed by atoms with Gasteiger partial charge in [0.2, 0.25) is 5.95 Å². The van der Waals surface area contributed by atoms with Gasteiger partial charge in [0, 0.05) is 13.0 Å². The zero-order valence-corrected chi connectivity index (χ0v) is 12.7. The molecule has 0 aliphatic carbocycles. The van der Waals surface area contributed by atoms with Crippen LogP contribution in [0.25, 0.3) is 5.69 Å². The molecule has 1 aromatic heterocycles. The summed E-state index contributed by atoms with van der Waals surface area (Å²) in [6.07, 6.45) is 1.50. The van der Waals surface area contributed by atoms with Crippen LogP contribution in [0.5, 0.6) is 0 Å². The third-order valence-electron chi connectivity index (χ3n) is 3.19. The van der Waals surface area contributed by atoms with Crippen molar-refractivity contribution in [1.29, 1.82) is 0 Å². The van der Waals surface area contributed by atoms with E-state index >= 15 is 0 Å².